The summed E-state index contributed by atoms with van der Waals surface area (Å²) in [5, 5.41) is 3.23. The molecule has 22 heavy (non-hydrogen) atoms. The first-order chi connectivity index (χ1) is 10.5. The summed E-state index contributed by atoms with van der Waals surface area (Å²) in [6.45, 7) is 2.84. The smallest absolute Gasteiger partial charge is 0.242 e. The second kappa shape index (κ2) is 7.53. The summed E-state index contributed by atoms with van der Waals surface area (Å²) in [5.41, 5.74) is 0.962. The van der Waals surface area contributed by atoms with Gasteiger partial charge in [-0.2, -0.15) is 0 Å². The number of hydrogen-bond acceptors (Lipinski definition) is 5. The molecule has 2 heterocycles. The Morgan fingerprint density at radius 3 is 2.77 bits per heavy atom. The number of rotatable bonds is 7. The molecule has 0 amide bonds. The Balaban J connectivity index is 2.02. The van der Waals surface area contributed by atoms with Gasteiger partial charge < -0.3 is 5.32 Å². The number of nitrogens with zero attached hydrogens (tertiary/aromatic N) is 2. The van der Waals surface area contributed by atoms with Gasteiger partial charge in [-0.25, -0.2) is 18.1 Å². The minimum atomic E-state index is -3.63. The molecule has 0 radical (unpaired) electrons. The molecule has 0 aromatic carbocycles. The Labute approximate surface area is 135 Å². The molecule has 6 nitrogen and oxygen atoms in total. The molecule has 8 heteroatoms. The first kappa shape index (κ1) is 16.7. The van der Waals surface area contributed by atoms with Crippen molar-refractivity contribution in [2.75, 3.05) is 18.4 Å². The van der Waals surface area contributed by atoms with Crippen LogP contribution in [0, 0.1) is 0 Å². The zero-order valence-corrected chi connectivity index (χ0v) is 13.7. The maximum absolute atomic E-state index is 12.2. The molecule has 0 aliphatic rings. The molecular weight excluding hydrogens is 324 g/mol. The fraction of sp³-hybridized carbons (Fsp3) is 0.286. The molecule has 0 fully saturated rings. The Morgan fingerprint density at radius 1 is 1.32 bits per heavy atom. The maximum atomic E-state index is 12.2. The molecule has 0 aliphatic heterocycles. The monoisotopic (exact) mass is 340 g/mol. The lowest BCUT2D eigenvalue weighted by Gasteiger charge is -2.09. The summed E-state index contributed by atoms with van der Waals surface area (Å²) < 4.78 is 26.9. The third-order valence-electron chi connectivity index (χ3n) is 2.90. The van der Waals surface area contributed by atoms with Crippen molar-refractivity contribution in [1.29, 1.82) is 0 Å². The van der Waals surface area contributed by atoms with Gasteiger partial charge in [0.25, 0.3) is 0 Å². The molecule has 2 rings (SSSR count). The first-order valence-electron chi connectivity index (χ1n) is 6.81. The summed E-state index contributed by atoms with van der Waals surface area (Å²) >= 11 is 6.02. The van der Waals surface area contributed by atoms with Crippen molar-refractivity contribution in [3.8, 4) is 0 Å². The van der Waals surface area contributed by atoms with E-state index < -0.39 is 10.0 Å². The largest absolute Gasteiger partial charge is 0.369 e. The summed E-state index contributed by atoms with van der Waals surface area (Å²) in [7, 11) is -3.63. The van der Waals surface area contributed by atoms with Crippen LogP contribution in [0.1, 0.15) is 12.5 Å². The Kier molecular flexibility index (Phi) is 5.70. The number of hydrogen-bond donors (Lipinski definition) is 2. The molecule has 0 saturated carbocycles. The molecule has 0 bridgehead atoms. The van der Waals surface area contributed by atoms with Crippen LogP contribution in [0.5, 0.6) is 0 Å². The van der Waals surface area contributed by atoms with Gasteiger partial charge in [-0.15, -0.1) is 0 Å². The van der Waals surface area contributed by atoms with Gasteiger partial charge in [-0.3, -0.25) is 4.98 Å². The maximum Gasteiger partial charge on any atom is 0.242 e. The van der Waals surface area contributed by atoms with Crippen molar-refractivity contribution in [3.63, 3.8) is 0 Å². The van der Waals surface area contributed by atoms with E-state index in [9.17, 15) is 8.42 Å². The van der Waals surface area contributed by atoms with Crippen LogP contribution in [0.25, 0.3) is 0 Å². The van der Waals surface area contributed by atoms with E-state index in [2.05, 4.69) is 20.0 Å². The molecule has 2 aromatic rings. The van der Waals surface area contributed by atoms with E-state index in [1.807, 2.05) is 19.1 Å². The van der Waals surface area contributed by atoms with Gasteiger partial charge in [0.2, 0.25) is 10.0 Å². The van der Waals surface area contributed by atoms with Gasteiger partial charge >= 0.3 is 0 Å². The van der Waals surface area contributed by atoms with Gasteiger partial charge in [0.15, 0.2) is 0 Å². The van der Waals surface area contributed by atoms with Crippen LogP contribution in [0.4, 0.5) is 5.82 Å². The number of nitrogens with one attached hydrogen (secondary N) is 2. The minimum Gasteiger partial charge on any atom is -0.369 e. The highest BCUT2D eigenvalue weighted by Gasteiger charge is 2.16. The lowest BCUT2D eigenvalue weighted by molar-refractivity contribution is 0.581. The van der Waals surface area contributed by atoms with Crippen LogP contribution < -0.4 is 10.0 Å². The molecule has 0 unspecified atom stereocenters. The fourth-order valence-electron chi connectivity index (χ4n) is 1.82. The number of sulfonamides is 1. The normalized spacial score (nSPS) is 11.4. The van der Waals surface area contributed by atoms with E-state index in [1.165, 1.54) is 12.3 Å². The second-order valence-corrected chi connectivity index (χ2v) is 6.71. The van der Waals surface area contributed by atoms with Crippen LogP contribution in [0.15, 0.2) is 41.7 Å². The van der Waals surface area contributed by atoms with Gasteiger partial charge in [0.05, 0.1) is 5.02 Å². The molecule has 118 valence electrons. The van der Waals surface area contributed by atoms with Gasteiger partial charge in [-0.1, -0.05) is 17.7 Å². The van der Waals surface area contributed by atoms with Crippen LogP contribution in [0.3, 0.4) is 0 Å². The lowest BCUT2D eigenvalue weighted by Crippen LogP contribution is -2.26. The molecule has 0 spiro atoms. The predicted octanol–water partition coefficient (Wildman–Crippen LogP) is 2.08. The van der Waals surface area contributed by atoms with Crippen molar-refractivity contribution in [2.45, 2.75) is 18.2 Å². The number of halogens is 1. The molecule has 0 aliphatic carbocycles. The average Bonchev–Trinajstić information content (AvgIpc) is 2.50. The standard InChI is InChI=1S/C14H17ClN4O2S/c1-2-17-14-13(15)8-12(10-18-14)22(20,21)19-7-5-11-4-3-6-16-9-11/h3-4,6,8-10,19H,2,5,7H2,1H3,(H,17,18). The highest BCUT2D eigenvalue weighted by molar-refractivity contribution is 7.89. The van der Waals surface area contributed by atoms with E-state index in [-0.39, 0.29) is 16.5 Å². The van der Waals surface area contributed by atoms with Crippen LogP contribution in [-0.4, -0.2) is 31.5 Å². The molecule has 0 atom stereocenters. The topological polar surface area (TPSA) is 84.0 Å². The zero-order valence-electron chi connectivity index (χ0n) is 12.1. The van der Waals surface area contributed by atoms with Crippen LogP contribution >= 0.6 is 11.6 Å². The fourth-order valence-corrected chi connectivity index (χ4v) is 3.12. The average molecular weight is 341 g/mol. The lowest BCUT2D eigenvalue weighted by atomic mass is 10.2. The highest BCUT2D eigenvalue weighted by Crippen LogP contribution is 2.22. The zero-order chi connectivity index (χ0) is 16.0. The van der Waals surface area contributed by atoms with Crippen LogP contribution in [0.2, 0.25) is 5.02 Å². The summed E-state index contributed by atoms with van der Waals surface area (Å²) in [6, 6.07) is 5.09. The molecule has 2 N–H and O–H groups in total. The van der Waals surface area contributed by atoms with Gasteiger partial charge in [0, 0.05) is 31.7 Å². The third-order valence-corrected chi connectivity index (χ3v) is 4.62. The van der Waals surface area contributed by atoms with Crippen molar-refractivity contribution in [2.24, 2.45) is 0 Å². The summed E-state index contributed by atoms with van der Waals surface area (Å²) in [4.78, 5) is 8.06. The molecular formula is C14H17ClN4O2S. The summed E-state index contributed by atoms with van der Waals surface area (Å²) in [6.07, 6.45) is 5.23. The predicted molar refractivity (Wildman–Crippen MR) is 86.5 cm³/mol. The van der Waals surface area contributed by atoms with Crippen molar-refractivity contribution in [3.05, 3.63) is 47.4 Å². The Hall–Kier alpha value is -1.70. The van der Waals surface area contributed by atoms with E-state index in [4.69, 9.17) is 11.6 Å². The van der Waals surface area contributed by atoms with E-state index >= 15 is 0 Å². The van der Waals surface area contributed by atoms with E-state index in [0.717, 1.165) is 5.56 Å². The number of aromatic nitrogens is 2. The van der Waals surface area contributed by atoms with E-state index in [1.54, 1.807) is 12.4 Å². The first-order valence-corrected chi connectivity index (χ1v) is 8.67. The Morgan fingerprint density at radius 2 is 2.14 bits per heavy atom. The number of pyridine rings is 2. The molecule has 2 aromatic heterocycles. The van der Waals surface area contributed by atoms with Crippen molar-refractivity contribution >= 4 is 27.4 Å². The Bertz CT molecular complexity index is 723. The highest BCUT2D eigenvalue weighted by atomic mass is 35.5. The molecule has 0 saturated heterocycles. The van der Waals surface area contributed by atoms with Crippen molar-refractivity contribution in [1.82, 2.24) is 14.7 Å². The second-order valence-electron chi connectivity index (χ2n) is 4.54. The van der Waals surface area contributed by atoms with Crippen LogP contribution in [-0.2, 0) is 16.4 Å². The quantitative estimate of drug-likeness (QED) is 0.806. The van der Waals surface area contributed by atoms with Crippen molar-refractivity contribution < 1.29 is 8.42 Å². The third kappa shape index (κ3) is 4.40. The van der Waals surface area contributed by atoms with Gasteiger partial charge in [0.1, 0.15) is 10.7 Å². The van der Waals surface area contributed by atoms with E-state index in [0.29, 0.717) is 18.8 Å². The summed E-state index contributed by atoms with van der Waals surface area (Å²) in [5.74, 6) is 0.471. The van der Waals surface area contributed by atoms with Gasteiger partial charge in [-0.05, 0) is 31.0 Å². The SMILES string of the molecule is CCNc1ncc(S(=O)(=O)NCCc2cccnc2)cc1Cl. The number of anilines is 1. The minimum absolute atomic E-state index is 0.0466.